The second kappa shape index (κ2) is 6.50. The fourth-order valence-electron chi connectivity index (χ4n) is 2.23. The molecule has 106 valence electrons. The lowest BCUT2D eigenvalue weighted by molar-refractivity contribution is 0.0636. The maximum atomic E-state index is 6.36. The summed E-state index contributed by atoms with van der Waals surface area (Å²) in [5, 5.41) is 0. The Morgan fingerprint density at radius 2 is 1.50 bits per heavy atom. The van der Waals surface area contributed by atoms with Crippen molar-refractivity contribution < 1.29 is 8.85 Å². The van der Waals surface area contributed by atoms with Gasteiger partial charge in [-0.25, -0.2) is 0 Å². The Hall–Kier alpha value is 0.0938. The maximum absolute atomic E-state index is 6.36. The molecule has 0 N–H and O–H groups in total. The first kappa shape index (κ1) is 16.1. The summed E-state index contributed by atoms with van der Waals surface area (Å²) in [6.45, 7) is 13.6. The van der Waals surface area contributed by atoms with Crippen LogP contribution in [0.3, 0.4) is 0 Å². The minimum atomic E-state index is -1.52. The van der Waals surface area contributed by atoms with Gasteiger partial charge in [0, 0.05) is 0 Å². The van der Waals surface area contributed by atoms with E-state index < -0.39 is 16.6 Å². The molecule has 1 aliphatic carbocycles. The van der Waals surface area contributed by atoms with Crippen LogP contribution in [0.25, 0.3) is 0 Å². The van der Waals surface area contributed by atoms with Crippen molar-refractivity contribution in [2.75, 3.05) is 0 Å². The Bertz CT molecular complexity index is 276. The monoisotopic (exact) mass is 286 g/mol. The van der Waals surface area contributed by atoms with Gasteiger partial charge in [0.1, 0.15) is 0 Å². The average molecular weight is 287 g/mol. The summed E-state index contributed by atoms with van der Waals surface area (Å²) >= 11 is 0. The van der Waals surface area contributed by atoms with Crippen molar-refractivity contribution in [2.45, 2.75) is 77.2 Å². The highest BCUT2D eigenvalue weighted by molar-refractivity contribution is 6.70. The maximum Gasteiger partial charge on any atom is 0.184 e. The quantitative estimate of drug-likeness (QED) is 0.557. The fourth-order valence-corrected chi connectivity index (χ4v) is 4.44. The molecule has 18 heavy (non-hydrogen) atoms. The van der Waals surface area contributed by atoms with Crippen molar-refractivity contribution in [3.63, 3.8) is 0 Å². The van der Waals surface area contributed by atoms with E-state index in [1.54, 1.807) is 0 Å². The largest absolute Gasteiger partial charge is 0.412 e. The Balaban J connectivity index is 2.77. The molecule has 0 aromatic rings. The SMILES string of the molecule is C[Si](C)(C)OC1/C=C\CCCCC1O[Si](C)(C)C. The Morgan fingerprint density at radius 3 is 2.06 bits per heavy atom. The third kappa shape index (κ3) is 6.87. The van der Waals surface area contributed by atoms with Crippen molar-refractivity contribution in [3.8, 4) is 0 Å². The number of allylic oxidation sites excluding steroid dienone is 1. The molecule has 4 heteroatoms. The van der Waals surface area contributed by atoms with Crippen LogP contribution in [0.2, 0.25) is 39.3 Å². The van der Waals surface area contributed by atoms with Gasteiger partial charge in [-0.1, -0.05) is 18.6 Å². The van der Waals surface area contributed by atoms with E-state index in [0.29, 0.717) is 0 Å². The van der Waals surface area contributed by atoms with E-state index in [-0.39, 0.29) is 12.2 Å². The van der Waals surface area contributed by atoms with Gasteiger partial charge in [-0.15, -0.1) is 0 Å². The van der Waals surface area contributed by atoms with E-state index in [0.717, 1.165) is 6.42 Å². The summed E-state index contributed by atoms with van der Waals surface area (Å²) in [4.78, 5) is 0. The zero-order valence-electron chi connectivity index (χ0n) is 13.0. The minimum absolute atomic E-state index is 0.170. The van der Waals surface area contributed by atoms with E-state index in [9.17, 15) is 0 Å². The van der Waals surface area contributed by atoms with Crippen LogP contribution < -0.4 is 0 Å². The van der Waals surface area contributed by atoms with Gasteiger partial charge < -0.3 is 8.85 Å². The summed E-state index contributed by atoms with van der Waals surface area (Å²) in [5.41, 5.74) is 0. The average Bonchev–Trinajstić information content (AvgIpc) is 2.12. The van der Waals surface area contributed by atoms with Gasteiger partial charge in [0.2, 0.25) is 0 Å². The zero-order chi connectivity index (χ0) is 13.8. The number of rotatable bonds is 4. The second-order valence-electron chi connectivity index (χ2n) is 7.18. The standard InChI is InChI=1S/C14H30O2Si2/c1-17(2,3)15-13-11-9-7-8-10-12-14(13)16-18(4,5)6/h9,11,13-14H,7-8,10,12H2,1-6H3/b11-9-. The lowest BCUT2D eigenvalue weighted by atomic mass is 10.0. The molecule has 0 spiro atoms. The normalized spacial score (nSPS) is 28.6. The first-order valence-corrected chi connectivity index (χ1v) is 14.0. The molecular weight excluding hydrogens is 256 g/mol. The van der Waals surface area contributed by atoms with Crippen molar-refractivity contribution in [1.29, 1.82) is 0 Å². The topological polar surface area (TPSA) is 18.5 Å². The predicted octanol–water partition coefficient (Wildman–Crippen LogP) is 4.56. The molecule has 2 nitrogen and oxygen atoms in total. The van der Waals surface area contributed by atoms with Gasteiger partial charge >= 0.3 is 0 Å². The molecular formula is C14H30O2Si2. The Morgan fingerprint density at radius 1 is 0.889 bits per heavy atom. The van der Waals surface area contributed by atoms with Crippen molar-refractivity contribution in [1.82, 2.24) is 0 Å². The van der Waals surface area contributed by atoms with Gasteiger partial charge in [-0.2, -0.15) is 0 Å². The van der Waals surface area contributed by atoms with E-state index in [2.05, 4.69) is 51.4 Å². The second-order valence-corrected chi connectivity index (χ2v) is 16.1. The predicted molar refractivity (Wildman–Crippen MR) is 84.0 cm³/mol. The Labute approximate surface area is 115 Å². The van der Waals surface area contributed by atoms with Crippen LogP contribution in [0.1, 0.15) is 25.7 Å². The summed E-state index contributed by atoms with van der Waals surface area (Å²) in [7, 11) is -3.02. The van der Waals surface area contributed by atoms with Crippen molar-refractivity contribution >= 4 is 16.6 Å². The molecule has 0 bridgehead atoms. The van der Waals surface area contributed by atoms with Crippen LogP contribution in [0.5, 0.6) is 0 Å². The van der Waals surface area contributed by atoms with Crippen LogP contribution in [-0.2, 0) is 8.85 Å². The van der Waals surface area contributed by atoms with Gasteiger partial charge in [-0.05, 0) is 58.5 Å². The highest BCUT2D eigenvalue weighted by Gasteiger charge is 2.30. The summed E-state index contributed by atoms with van der Waals surface area (Å²) < 4.78 is 12.7. The molecule has 0 radical (unpaired) electrons. The molecule has 0 aromatic heterocycles. The van der Waals surface area contributed by atoms with Crippen molar-refractivity contribution in [2.24, 2.45) is 0 Å². The molecule has 0 amide bonds. The highest BCUT2D eigenvalue weighted by atomic mass is 28.4. The van der Waals surface area contributed by atoms with E-state index in [1.807, 2.05) is 0 Å². The van der Waals surface area contributed by atoms with Crippen LogP contribution in [0.4, 0.5) is 0 Å². The van der Waals surface area contributed by atoms with Crippen molar-refractivity contribution in [3.05, 3.63) is 12.2 Å². The van der Waals surface area contributed by atoms with E-state index in [4.69, 9.17) is 8.85 Å². The third-order valence-electron chi connectivity index (χ3n) is 2.80. The zero-order valence-corrected chi connectivity index (χ0v) is 15.0. The smallest absolute Gasteiger partial charge is 0.184 e. The van der Waals surface area contributed by atoms with Crippen LogP contribution in [0, 0.1) is 0 Å². The van der Waals surface area contributed by atoms with Crippen LogP contribution in [0.15, 0.2) is 12.2 Å². The Kier molecular flexibility index (Phi) is 5.83. The summed E-state index contributed by atoms with van der Waals surface area (Å²) in [6.07, 6.45) is 9.83. The van der Waals surface area contributed by atoms with Gasteiger partial charge in [-0.3, -0.25) is 0 Å². The molecule has 0 aliphatic heterocycles. The first-order valence-electron chi connectivity index (χ1n) is 7.20. The molecule has 0 saturated carbocycles. The molecule has 0 aromatic carbocycles. The van der Waals surface area contributed by atoms with E-state index >= 15 is 0 Å². The minimum Gasteiger partial charge on any atom is -0.412 e. The third-order valence-corrected chi connectivity index (χ3v) is 4.79. The number of hydrogen-bond acceptors (Lipinski definition) is 2. The summed E-state index contributed by atoms with van der Waals surface area (Å²) in [6, 6.07) is 0. The highest BCUT2D eigenvalue weighted by Crippen LogP contribution is 2.24. The molecule has 2 unspecified atom stereocenters. The lowest BCUT2D eigenvalue weighted by Crippen LogP contribution is -2.44. The molecule has 0 saturated heterocycles. The van der Waals surface area contributed by atoms with Crippen LogP contribution in [-0.4, -0.2) is 28.8 Å². The molecule has 1 aliphatic rings. The summed E-state index contributed by atoms with van der Waals surface area (Å²) in [5.74, 6) is 0. The fraction of sp³-hybridized carbons (Fsp3) is 0.857. The van der Waals surface area contributed by atoms with Gasteiger partial charge in [0.15, 0.2) is 16.6 Å². The van der Waals surface area contributed by atoms with Gasteiger partial charge in [0.05, 0.1) is 12.2 Å². The first-order chi connectivity index (χ1) is 8.17. The van der Waals surface area contributed by atoms with E-state index in [1.165, 1.54) is 19.3 Å². The van der Waals surface area contributed by atoms with Gasteiger partial charge in [0.25, 0.3) is 0 Å². The van der Waals surface area contributed by atoms with Crippen LogP contribution >= 0.6 is 0 Å². The molecule has 0 heterocycles. The lowest BCUT2D eigenvalue weighted by Gasteiger charge is -2.35. The number of hydrogen-bond donors (Lipinski definition) is 0. The molecule has 1 rings (SSSR count). The molecule has 0 fully saturated rings. The molecule has 2 atom stereocenters.